The molecule has 3 aliphatic rings. The van der Waals surface area contributed by atoms with Crippen molar-refractivity contribution in [2.45, 2.75) is 56.1 Å². The first-order chi connectivity index (χ1) is 18.6. The standard InChI is InChI=1S/C27H31N7O4/c1-28-23-12-21(31-25-18(14-30-34(23)25)26(35)32-20-5-6-22(20)36-2)19-15-33(24-17(19)4-3-9-29-24)16-7-8-27(13-16)37-10-11-38-27/h3-4,9,12,14-16,20,22,28H,5-8,10-11,13H2,1-2H3,(H,32,35)/t16-,20-,22-/m1/s1. The first kappa shape index (κ1) is 23.6. The van der Waals surface area contributed by atoms with Crippen LogP contribution in [0.2, 0.25) is 0 Å². The van der Waals surface area contributed by atoms with Gasteiger partial charge in [-0.1, -0.05) is 0 Å². The number of anilines is 1. The third-order valence-corrected chi connectivity index (χ3v) is 8.28. The van der Waals surface area contributed by atoms with E-state index in [0.717, 1.165) is 60.2 Å². The fourth-order valence-corrected chi connectivity index (χ4v) is 6.11. The lowest BCUT2D eigenvalue weighted by molar-refractivity contribution is -0.152. The molecule has 38 heavy (non-hydrogen) atoms. The van der Waals surface area contributed by atoms with Crippen molar-refractivity contribution < 1.29 is 19.0 Å². The minimum Gasteiger partial charge on any atom is -0.379 e. The molecule has 2 saturated carbocycles. The van der Waals surface area contributed by atoms with Gasteiger partial charge in [0.1, 0.15) is 17.0 Å². The summed E-state index contributed by atoms with van der Waals surface area (Å²) in [5.41, 5.74) is 3.52. The van der Waals surface area contributed by atoms with Gasteiger partial charge in [0.05, 0.1) is 37.3 Å². The Morgan fingerprint density at radius 2 is 2.08 bits per heavy atom. The summed E-state index contributed by atoms with van der Waals surface area (Å²) in [6.45, 7) is 1.29. The van der Waals surface area contributed by atoms with E-state index in [4.69, 9.17) is 24.2 Å². The Bertz CT molecular complexity index is 1520. The van der Waals surface area contributed by atoms with Crippen LogP contribution >= 0.6 is 0 Å². The highest BCUT2D eigenvalue weighted by atomic mass is 16.7. The fourth-order valence-electron chi connectivity index (χ4n) is 6.11. The molecule has 11 heteroatoms. The smallest absolute Gasteiger partial charge is 0.257 e. The largest absolute Gasteiger partial charge is 0.379 e. The molecule has 2 aliphatic carbocycles. The molecular formula is C27H31N7O4. The average molecular weight is 518 g/mol. The average Bonchev–Trinajstić information content (AvgIpc) is 3.72. The minimum atomic E-state index is -0.477. The zero-order valence-corrected chi connectivity index (χ0v) is 21.5. The molecule has 4 aromatic rings. The van der Waals surface area contributed by atoms with Gasteiger partial charge in [-0.3, -0.25) is 4.79 Å². The van der Waals surface area contributed by atoms with Gasteiger partial charge in [0.25, 0.3) is 5.91 Å². The lowest BCUT2D eigenvalue weighted by atomic mass is 9.89. The van der Waals surface area contributed by atoms with Crippen LogP contribution in [0.25, 0.3) is 27.9 Å². The molecule has 2 N–H and O–H groups in total. The minimum absolute atomic E-state index is 0.000912. The molecule has 7 rings (SSSR count). The van der Waals surface area contributed by atoms with Crippen molar-refractivity contribution >= 4 is 28.4 Å². The van der Waals surface area contributed by atoms with Gasteiger partial charge in [-0.25, -0.2) is 9.97 Å². The second kappa shape index (κ2) is 9.04. The van der Waals surface area contributed by atoms with Crippen LogP contribution in [0.4, 0.5) is 5.82 Å². The first-order valence-corrected chi connectivity index (χ1v) is 13.2. The molecule has 1 saturated heterocycles. The Kier molecular flexibility index (Phi) is 5.60. The van der Waals surface area contributed by atoms with Gasteiger partial charge in [0.2, 0.25) is 0 Å². The van der Waals surface area contributed by atoms with Gasteiger partial charge in [-0.2, -0.15) is 9.61 Å². The van der Waals surface area contributed by atoms with Crippen molar-refractivity contribution in [3.63, 3.8) is 0 Å². The number of hydrogen-bond donors (Lipinski definition) is 2. The maximum Gasteiger partial charge on any atom is 0.257 e. The zero-order chi connectivity index (χ0) is 25.9. The van der Waals surface area contributed by atoms with E-state index in [0.29, 0.717) is 24.4 Å². The lowest BCUT2D eigenvalue weighted by Crippen LogP contribution is -2.51. The SMILES string of the molecule is CNc1cc(-c2cn([C@@H]3CCC4(C3)OCCO4)c3ncccc23)nc2c(C(=O)N[C@@H]3CC[C@H]3OC)cnn12. The monoisotopic (exact) mass is 517 g/mol. The second-order valence-electron chi connectivity index (χ2n) is 10.3. The van der Waals surface area contributed by atoms with Crippen molar-refractivity contribution in [2.24, 2.45) is 0 Å². The molecule has 0 bridgehead atoms. The third-order valence-electron chi connectivity index (χ3n) is 8.28. The van der Waals surface area contributed by atoms with Crippen LogP contribution in [0.5, 0.6) is 0 Å². The molecule has 1 aliphatic heterocycles. The number of pyridine rings is 1. The Labute approximate surface area is 219 Å². The summed E-state index contributed by atoms with van der Waals surface area (Å²) in [4.78, 5) is 22.9. The quantitative estimate of drug-likeness (QED) is 0.401. The maximum absolute atomic E-state index is 13.2. The number of aromatic nitrogens is 5. The van der Waals surface area contributed by atoms with Crippen LogP contribution in [-0.2, 0) is 14.2 Å². The van der Waals surface area contributed by atoms with Crippen molar-refractivity contribution in [2.75, 3.05) is 32.7 Å². The second-order valence-corrected chi connectivity index (χ2v) is 10.3. The predicted molar refractivity (Wildman–Crippen MR) is 140 cm³/mol. The van der Waals surface area contributed by atoms with E-state index in [-0.39, 0.29) is 24.1 Å². The van der Waals surface area contributed by atoms with Crippen LogP contribution in [0.1, 0.15) is 48.5 Å². The molecule has 0 radical (unpaired) electrons. The molecule has 1 spiro atoms. The number of rotatable bonds is 6. The zero-order valence-electron chi connectivity index (χ0n) is 21.5. The molecule has 198 valence electrons. The van der Waals surface area contributed by atoms with E-state index in [9.17, 15) is 4.79 Å². The molecule has 5 heterocycles. The lowest BCUT2D eigenvalue weighted by Gasteiger charge is -2.35. The van der Waals surface area contributed by atoms with Crippen LogP contribution in [0.3, 0.4) is 0 Å². The molecule has 4 aromatic heterocycles. The van der Waals surface area contributed by atoms with Crippen molar-refractivity contribution in [1.29, 1.82) is 0 Å². The van der Waals surface area contributed by atoms with E-state index in [1.807, 2.05) is 25.4 Å². The van der Waals surface area contributed by atoms with E-state index >= 15 is 0 Å². The maximum atomic E-state index is 13.2. The van der Waals surface area contributed by atoms with E-state index in [2.05, 4.69) is 32.6 Å². The van der Waals surface area contributed by atoms with Crippen molar-refractivity contribution in [3.05, 3.63) is 42.4 Å². The molecule has 3 atom stereocenters. The highest BCUT2D eigenvalue weighted by molar-refractivity contribution is 6.01. The number of nitrogens with one attached hydrogen (secondary N) is 2. The number of ether oxygens (including phenoxy) is 3. The number of methoxy groups -OCH3 is 1. The highest BCUT2D eigenvalue weighted by Crippen LogP contribution is 2.45. The van der Waals surface area contributed by atoms with Crippen LogP contribution in [-0.4, -0.2) is 75.4 Å². The Balaban J connectivity index is 1.29. The summed E-state index contributed by atoms with van der Waals surface area (Å²) in [6, 6.07) is 6.17. The highest BCUT2D eigenvalue weighted by Gasteiger charge is 2.45. The number of nitrogens with zero attached hydrogens (tertiary/aromatic N) is 5. The Hall–Kier alpha value is -3.54. The van der Waals surface area contributed by atoms with Gasteiger partial charge in [0.15, 0.2) is 11.4 Å². The van der Waals surface area contributed by atoms with Crippen LogP contribution in [0.15, 0.2) is 36.8 Å². The van der Waals surface area contributed by atoms with Gasteiger partial charge in [-0.05, 0) is 31.4 Å². The van der Waals surface area contributed by atoms with E-state index in [1.54, 1.807) is 17.8 Å². The summed E-state index contributed by atoms with van der Waals surface area (Å²) >= 11 is 0. The topological polar surface area (TPSA) is 117 Å². The molecule has 3 fully saturated rings. The summed E-state index contributed by atoms with van der Waals surface area (Å²) in [5.74, 6) is 0.0598. The van der Waals surface area contributed by atoms with E-state index < -0.39 is 5.79 Å². The molecule has 11 nitrogen and oxygen atoms in total. The first-order valence-electron chi connectivity index (χ1n) is 13.2. The van der Waals surface area contributed by atoms with Crippen molar-refractivity contribution in [1.82, 2.24) is 29.5 Å². The summed E-state index contributed by atoms with van der Waals surface area (Å²) in [7, 11) is 3.51. The molecule has 0 aromatic carbocycles. The van der Waals surface area contributed by atoms with Gasteiger partial charge >= 0.3 is 0 Å². The number of carbonyl (C=O) groups excluding carboxylic acids is 1. The summed E-state index contributed by atoms with van der Waals surface area (Å²) in [6.07, 6.45) is 10.0. The fraction of sp³-hybridized carbons (Fsp3) is 0.481. The van der Waals surface area contributed by atoms with E-state index in [1.165, 1.54) is 0 Å². The van der Waals surface area contributed by atoms with Gasteiger partial charge < -0.3 is 29.4 Å². The Morgan fingerprint density at radius 1 is 1.21 bits per heavy atom. The third kappa shape index (κ3) is 3.68. The van der Waals surface area contributed by atoms with Gasteiger partial charge in [-0.15, -0.1) is 0 Å². The number of carbonyl (C=O) groups is 1. The summed E-state index contributed by atoms with van der Waals surface area (Å²) < 4.78 is 21.3. The number of hydrogen-bond acceptors (Lipinski definition) is 8. The number of amides is 1. The van der Waals surface area contributed by atoms with Crippen LogP contribution in [0, 0.1) is 0 Å². The normalized spacial score (nSPS) is 24.3. The predicted octanol–water partition coefficient (Wildman–Crippen LogP) is 3.16. The van der Waals surface area contributed by atoms with Gasteiger partial charge in [0, 0.05) is 62.5 Å². The summed E-state index contributed by atoms with van der Waals surface area (Å²) in [5, 5.41) is 11.8. The Morgan fingerprint density at radius 3 is 2.84 bits per heavy atom. The molecule has 0 unspecified atom stereocenters. The molecule has 1 amide bonds. The number of fused-ring (bicyclic) bond motifs is 2. The van der Waals surface area contributed by atoms with Crippen molar-refractivity contribution in [3.8, 4) is 11.3 Å². The van der Waals surface area contributed by atoms with Crippen LogP contribution < -0.4 is 10.6 Å². The molecular weight excluding hydrogens is 486 g/mol.